The van der Waals surface area contributed by atoms with Crippen molar-refractivity contribution in [2.24, 2.45) is 29.4 Å². The number of aryl methyl sites for hydroxylation is 1. The number of nitrogens with zero attached hydrogens (tertiary/aromatic N) is 4. The molecule has 0 bridgehead atoms. The van der Waals surface area contributed by atoms with E-state index in [0.717, 1.165) is 49.1 Å². The van der Waals surface area contributed by atoms with E-state index in [1.165, 1.54) is 0 Å². The first-order chi connectivity index (χ1) is 16.7. The maximum atomic E-state index is 12.8. The van der Waals surface area contributed by atoms with Crippen LogP contribution >= 0.6 is 23.2 Å². The molecule has 1 aromatic carbocycles. The number of likely N-dealkylation sites (tertiary alicyclic amines) is 1. The molecule has 1 saturated carbocycles. The lowest BCUT2D eigenvalue weighted by atomic mass is 9.83. The molecule has 0 radical (unpaired) electrons. The first kappa shape index (κ1) is 25.3. The number of guanidine groups is 1. The molecule has 1 aliphatic carbocycles. The van der Waals surface area contributed by atoms with Crippen molar-refractivity contribution in [2.75, 3.05) is 19.6 Å². The van der Waals surface area contributed by atoms with E-state index in [9.17, 15) is 9.59 Å². The van der Waals surface area contributed by atoms with Gasteiger partial charge in [-0.25, -0.2) is 4.99 Å². The third kappa shape index (κ3) is 5.73. The topological polar surface area (TPSA) is 132 Å². The van der Waals surface area contributed by atoms with E-state index in [1.807, 2.05) is 29.9 Å². The van der Waals surface area contributed by atoms with Crippen molar-refractivity contribution >= 4 is 41.0 Å². The highest BCUT2D eigenvalue weighted by atomic mass is 35.5. The predicted octanol–water partition coefficient (Wildman–Crippen LogP) is 2.66. The number of aromatic nitrogens is 2. The monoisotopic (exact) mass is 519 g/mol. The summed E-state index contributed by atoms with van der Waals surface area (Å²) >= 11 is 12.5. The fourth-order valence-corrected chi connectivity index (χ4v) is 5.33. The van der Waals surface area contributed by atoms with Crippen molar-refractivity contribution in [3.63, 3.8) is 0 Å². The number of hydrogen-bond acceptors (Lipinski definition) is 4. The lowest BCUT2D eigenvalue weighted by Crippen LogP contribution is -2.53. The zero-order valence-electron chi connectivity index (χ0n) is 19.7. The Balaban J connectivity index is 1.32. The number of hydrogen-bond donors (Lipinski definition) is 3. The molecule has 1 aliphatic heterocycles. The van der Waals surface area contributed by atoms with Crippen LogP contribution in [0.4, 0.5) is 0 Å². The predicted molar refractivity (Wildman–Crippen MR) is 137 cm³/mol. The van der Waals surface area contributed by atoms with Gasteiger partial charge in [0.2, 0.25) is 11.8 Å². The van der Waals surface area contributed by atoms with Crippen LogP contribution in [0.2, 0.25) is 10.0 Å². The van der Waals surface area contributed by atoms with Gasteiger partial charge in [-0.1, -0.05) is 54.6 Å². The highest BCUT2D eigenvalue weighted by molar-refractivity contribution is 6.43. The van der Waals surface area contributed by atoms with Gasteiger partial charge in [0.15, 0.2) is 5.96 Å². The molecule has 0 spiro atoms. The van der Waals surface area contributed by atoms with Crippen LogP contribution in [0.3, 0.4) is 0 Å². The molecular formula is C24H31Cl2N7O2. The van der Waals surface area contributed by atoms with Crippen LogP contribution in [-0.4, -0.2) is 58.1 Å². The molecule has 9 nitrogen and oxygen atoms in total. The minimum Gasteiger partial charge on any atom is -0.370 e. The van der Waals surface area contributed by atoms with Gasteiger partial charge >= 0.3 is 0 Å². The van der Waals surface area contributed by atoms with E-state index in [1.54, 1.807) is 11.0 Å². The summed E-state index contributed by atoms with van der Waals surface area (Å²) < 4.78 is 1.81. The number of benzene rings is 1. The Kier molecular flexibility index (Phi) is 7.86. The summed E-state index contributed by atoms with van der Waals surface area (Å²) in [5, 5.41) is 8.27. The molecule has 35 heavy (non-hydrogen) atoms. The summed E-state index contributed by atoms with van der Waals surface area (Å²) in [5.74, 6) is -0.300. The number of rotatable bonds is 7. The smallest absolute Gasteiger partial charge is 0.245 e. The van der Waals surface area contributed by atoms with Crippen LogP contribution < -0.4 is 16.8 Å². The molecule has 0 unspecified atom stereocenters. The molecule has 4 rings (SSSR count). The minimum atomic E-state index is -0.650. The highest BCUT2D eigenvalue weighted by Gasteiger charge is 2.35. The summed E-state index contributed by atoms with van der Waals surface area (Å²) in [7, 11) is 1.87. The molecule has 188 valence electrons. The van der Waals surface area contributed by atoms with Crippen LogP contribution in [-0.2, 0) is 16.6 Å². The van der Waals surface area contributed by atoms with E-state index in [2.05, 4.69) is 15.4 Å². The van der Waals surface area contributed by atoms with Crippen LogP contribution in [0.5, 0.6) is 0 Å². The van der Waals surface area contributed by atoms with Crippen molar-refractivity contribution in [1.29, 1.82) is 0 Å². The third-order valence-corrected chi connectivity index (χ3v) is 7.68. The standard InChI is InChI=1S/C24H31Cl2N7O2/c1-32-19(10-18(31-32)16-8-5-9-17(25)21(16)26)15-12-33(13-15)20(34)11-29-23(35)22(30-24(27)28)14-6-3-2-4-7-14/h5,8-10,14-15,22H,2-4,6-7,11-13H2,1H3,(H,29,35)(H4,27,28,30)/t22-/m1/s1. The number of aliphatic imine (C=N–C) groups is 1. The van der Waals surface area contributed by atoms with Gasteiger partial charge < -0.3 is 21.7 Å². The van der Waals surface area contributed by atoms with Gasteiger partial charge in [-0.15, -0.1) is 0 Å². The second-order valence-electron chi connectivity index (χ2n) is 9.29. The Morgan fingerprint density at radius 3 is 2.60 bits per heavy atom. The maximum Gasteiger partial charge on any atom is 0.245 e. The Morgan fingerprint density at radius 1 is 1.20 bits per heavy atom. The van der Waals surface area contributed by atoms with Gasteiger partial charge in [-0.2, -0.15) is 5.10 Å². The van der Waals surface area contributed by atoms with E-state index in [0.29, 0.717) is 23.1 Å². The van der Waals surface area contributed by atoms with Gasteiger partial charge in [0.1, 0.15) is 6.04 Å². The zero-order valence-corrected chi connectivity index (χ0v) is 21.2. The second kappa shape index (κ2) is 10.9. The van der Waals surface area contributed by atoms with Crippen molar-refractivity contribution < 1.29 is 9.59 Å². The molecule has 2 heterocycles. The Bertz CT molecular complexity index is 1120. The van der Waals surface area contributed by atoms with Crippen molar-refractivity contribution in [1.82, 2.24) is 20.0 Å². The third-order valence-electron chi connectivity index (χ3n) is 6.86. The van der Waals surface area contributed by atoms with E-state index < -0.39 is 6.04 Å². The zero-order chi connectivity index (χ0) is 25.1. The van der Waals surface area contributed by atoms with Crippen molar-refractivity contribution in [2.45, 2.75) is 44.1 Å². The number of nitrogens with two attached hydrogens (primary N) is 2. The first-order valence-corrected chi connectivity index (χ1v) is 12.6. The van der Waals surface area contributed by atoms with Crippen LogP contribution in [0.25, 0.3) is 11.3 Å². The fourth-order valence-electron chi connectivity index (χ4n) is 4.93. The first-order valence-electron chi connectivity index (χ1n) is 11.9. The van der Waals surface area contributed by atoms with Gasteiger partial charge in [-0.05, 0) is 30.9 Å². The summed E-state index contributed by atoms with van der Waals surface area (Å²) in [6, 6.07) is 6.78. The maximum absolute atomic E-state index is 12.8. The number of halogens is 2. The van der Waals surface area contributed by atoms with Crippen LogP contribution in [0.1, 0.15) is 43.7 Å². The average Bonchev–Trinajstić information content (AvgIpc) is 3.18. The van der Waals surface area contributed by atoms with Crippen LogP contribution in [0.15, 0.2) is 29.3 Å². The number of amides is 2. The quantitative estimate of drug-likeness (QED) is 0.382. The Labute approximate surface area is 214 Å². The largest absolute Gasteiger partial charge is 0.370 e. The molecule has 2 amide bonds. The Morgan fingerprint density at radius 2 is 1.91 bits per heavy atom. The molecule has 5 N–H and O–H groups in total. The Hall–Kier alpha value is -2.78. The molecule has 1 saturated heterocycles. The molecule has 2 aromatic rings. The van der Waals surface area contributed by atoms with Crippen molar-refractivity contribution in [3.8, 4) is 11.3 Å². The molecule has 11 heteroatoms. The molecular weight excluding hydrogens is 489 g/mol. The van der Waals surface area contributed by atoms with Crippen molar-refractivity contribution in [3.05, 3.63) is 40.0 Å². The van der Waals surface area contributed by atoms with Gasteiger partial charge in [0.05, 0.1) is 22.3 Å². The fraction of sp³-hybridized carbons (Fsp3) is 0.500. The molecule has 1 atom stereocenters. The molecule has 2 fully saturated rings. The summed E-state index contributed by atoms with van der Waals surface area (Å²) in [5.41, 5.74) is 13.6. The van der Waals surface area contributed by atoms with Gasteiger partial charge in [0.25, 0.3) is 0 Å². The molecule has 1 aromatic heterocycles. The lowest BCUT2D eigenvalue weighted by Gasteiger charge is -2.39. The number of carbonyl (C=O) groups is 2. The lowest BCUT2D eigenvalue weighted by molar-refractivity contribution is -0.137. The summed E-state index contributed by atoms with van der Waals surface area (Å²) in [4.78, 5) is 31.4. The normalized spacial score (nSPS) is 17.5. The van der Waals surface area contributed by atoms with Crippen LogP contribution in [0, 0.1) is 5.92 Å². The van der Waals surface area contributed by atoms with Gasteiger partial charge in [0, 0.05) is 37.3 Å². The average molecular weight is 520 g/mol. The van der Waals surface area contributed by atoms with E-state index in [-0.39, 0.29) is 36.2 Å². The van der Waals surface area contributed by atoms with E-state index >= 15 is 0 Å². The summed E-state index contributed by atoms with van der Waals surface area (Å²) in [6.45, 7) is 1.03. The highest BCUT2D eigenvalue weighted by Crippen LogP contribution is 2.35. The number of nitrogens with one attached hydrogen (secondary N) is 1. The second-order valence-corrected chi connectivity index (χ2v) is 10.1. The van der Waals surface area contributed by atoms with E-state index in [4.69, 9.17) is 34.7 Å². The van der Waals surface area contributed by atoms with Gasteiger partial charge in [-0.3, -0.25) is 14.3 Å². The number of carbonyl (C=O) groups excluding carboxylic acids is 2. The molecule has 2 aliphatic rings. The summed E-state index contributed by atoms with van der Waals surface area (Å²) in [6.07, 6.45) is 5.09. The minimum absolute atomic E-state index is 0.0798. The SMILES string of the molecule is Cn1nc(-c2cccc(Cl)c2Cl)cc1C1CN(C(=O)CNC(=O)[C@H](N=C(N)N)C2CCCCC2)C1.